The minimum Gasteiger partial charge on any atom is -0.385 e. The van der Waals surface area contributed by atoms with E-state index < -0.39 is 16.6 Å². The number of ether oxygens (including phenoxy) is 3. The second kappa shape index (κ2) is 8.58. The van der Waals surface area contributed by atoms with Gasteiger partial charge in [0.25, 0.3) is 0 Å². The van der Waals surface area contributed by atoms with Crippen LogP contribution in [-0.2, 0) is 25.0 Å². The molecule has 5 nitrogen and oxygen atoms in total. The van der Waals surface area contributed by atoms with Gasteiger partial charge in [0.2, 0.25) is 0 Å². The molecule has 1 N–H and O–H groups in total. The number of nitrogens with one attached hydrogen (secondary N) is 1. The van der Waals surface area contributed by atoms with Gasteiger partial charge in [-0.3, -0.25) is 4.21 Å². The van der Waals surface area contributed by atoms with Crippen LogP contribution in [0.15, 0.2) is 0 Å². The lowest BCUT2D eigenvalue weighted by Crippen LogP contribution is -2.53. The first-order valence-corrected chi connectivity index (χ1v) is 9.46. The summed E-state index contributed by atoms with van der Waals surface area (Å²) in [5, 5.41) is 3.67. The van der Waals surface area contributed by atoms with Gasteiger partial charge in [0, 0.05) is 49.2 Å². The lowest BCUT2D eigenvalue weighted by Gasteiger charge is -2.41. The summed E-state index contributed by atoms with van der Waals surface area (Å²) in [5.41, 5.74) is 0. The molecular formula is C15H29NO4S. The second-order valence-electron chi connectivity index (χ2n) is 5.88. The van der Waals surface area contributed by atoms with Crippen LogP contribution in [-0.4, -0.2) is 60.5 Å². The van der Waals surface area contributed by atoms with Crippen LogP contribution < -0.4 is 5.32 Å². The molecule has 21 heavy (non-hydrogen) atoms. The third-order valence-corrected chi connectivity index (χ3v) is 6.16. The fourth-order valence-corrected chi connectivity index (χ4v) is 4.95. The van der Waals surface area contributed by atoms with Crippen LogP contribution in [0, 0.1) is 0 Å². The highest BCUT2D eigenvalue weighted by Gasteiger charge is 2.46. The summed E-state index contributed by atoms with van der Waals surface area (Å²) >= 11 is 0. The highest BCUT2D eigenvalue weighted by Crippen LogP contribution is 2.38. The molecule has 0 amide bonds. The maximum absolute atomic E-state index is 12.7. The molecule has 1 aliphatic carbocycles. The van der Waals surface area contributed by atoms with Gasteiger partial charge in [-0.1, -0.05) is 6.92 Å². The van der Waals surface area contributed by atoms with E-state index in [4.69, 9.17) is 14.2 Å². The molecule has 2 aliphatic rings. The van der Waals surface area contributed by atoms with Crippen molar-refractivity contribution in [3.8, 4) is 0 Å². The van der Waals surface area contributed by atoms with E-state index in [9.17, 15) is 4.21 Å². The molecular weight excluding hydrogens is 290 g/mol. The molecule has 124 valence electrons. The smallest absolute Gasteiger partial charge is 0.169 e. The van der Waals surface area contributed by atoms with E-state index in [-0.39, 0.29) is 5.25 Å². The van der Waals surface area contributed by atoms with Crippen molar-refractivity contribution in [1.82, 2.24) is 5.32 Å². The molecule has 1 heterocycles. The van der Waals surface area contributed by atoms with E-state index in [1.807, 2.05) is 0 Å². The summed E-state index contributed by atoms with van der Waals surface area (Å²) in [6, 6.07) is 0.312. The summed E-state index contributed by atoms with van der Waals surface area (Å²) in [6.07, 6.45) is 4.56. The highest BCUT2D eigenvalue weighted by atomic mass is 32.2. The van der Waals surface area contributed by atoms with Crippen LogP contribution in [0.2, 0.25) is 0 Å². The third kappa shape index (κ3) is 4.73. The van der Waals surface area contributed by atoms with E-state index in [1.54, 1.807) is 7.11 Å². The average Bonchev–Trinajstić information content (AvgIpc) is 2.94. The van der Waals surface area contributed by atoms with Crippen molar-refractivity contribution in [3.05, 3.63) is 0 Å². The van der Waals surface area contributed by atoms with Crippen LogP contribution in [0.25, 0.3) is 0 Å². The zero-order valence-corrected chi connectivity index (χ0v) is 14.1. The quantitative estimate of drug-likeness (QED) is 0.686. The number of hydrogen-bond acceptors (Lipinski definition) is 5. The molecule has 0 aromatic heterocycles. The molecule has 2 fully saturated rings. The normalized spacial score (nSPS) is 29.8. The van der Waals surface area contributed by atoms with Crippen molar-refractivity contribution in [2.45, 2.75) is 56.1 Å². The summed E-state index contributed by atoms with van der Waals surface area (Å²) in [6.45, 7) is 5.13. The number of rotatable bonds is 8. The SMILES string of the molecule is CCCNC1CCC2(CC1S(=O)CCCOC)OCCO2. The van der Waals surface area contributed by atoms with E-state index in [0.717, 1.165) is 38.6 Å². The predicted octanol–water partition coefficient (Wildman–Crippen LogP) is 1.44. The van der Waals surface area contributed by atoms with E-state index in [1.165, 1.54) is 0 Å². The standard InChI is InChI=1S/C15H29NO4S/c1-3-7-16-13-5-6-15(19-9-10-20-15)12-14(13)21(17)11-4-8-18-2/h13-14,16H,3-12H2,1-2H3. The Labute approximate surface area is 130 Å². The fourth-order valence-electron chi connectivity index (χ4n) is 3.21. The topological polar surface area (TPSA) is 56.8 Å². The monoisotopic (exact) mass is 319 g/mol. The Morgan fingerprint density at radius 2 is 2.14 bits per heavy atom. The Kier molecular flexibility index (Phi) is 7.08. The zero-order chi connectivity index (χ0) is 15.1. The predicted molar refractivity (Wildman–Crippen MR) is 83.9 cm³/mol. The first-order valence-electron chi connectivity index (χ1n) is 8.08. The molecule has 1 aliphatic heterocycles. The molecule has 0 radical (unpaired) electrons. The summed E-state index contributed by atoms with van der Waals surface area (Å²) < 4.78 is 29.4. The van der Waals surface area contributed by atoms with Gasteiger partial charge >= 0.3 is 0 Å². The molecule has 3 unspecified atom stereocenters. The lowest BCUT2D eigenvalue weighted by atomic mass is 9.89. The Morgan fingerprint density at radius 3 is 2.81 bits per heavy atom. The van der Waals surface area contributed by atoms with Crippen LogP contribution in [0.1, 0.15) is 39.0 Å². The minimum absolute atomic E-state index is 0.111. The van der Waals surface area contributed by atoms with Crippen LogP contribution in [0.3, 0.4) is 0 Å². The highest BCUT2D eigenvalue weighted by molar-refractivity contribution is 7.85. The fraction of sp³-hybridized carbons (Fsp3) is 1.00. The maximum atomic E-state index is 12.7. The first kappa shape index (κ1) is 17.3. The van der Waals surface area contributed by atoms with Gasteiger partial charge in [0.05, 0.1) is 18.5 Å². The Bertz CT molecular complexity index is 334. The van der Waals surface area contributed by atoms with E-state index in [0.29, 0.717) is 31.6 Å². The van der Waals surface area contributed by atoms with Crippen LogP contribution >= 0.6 is 0 Å². The average molecular weight is 319 g/mol. The van der Waals surface area contributed by atoms with Crippen molar-refractivity contribution in [2.24, 2.45) is 0 Å². The van der Waals surface area contributed by atoms with Crippen molar-refractivity contribution in [2.75, 3.05) is 39.2 Å². The molecule has 1 saturated carbocycles. The number of methoxy groups -OCH3 is 1. The van der Waals surface area contributed by atoms with Gasteiger partial charge in [-0.05, 0) is 25.8 Å². The first-order chi connectivity index (χ1) is 10.2. The van der Waals surface area contributed by atoms with Gasteiger partial charge in [-0.15, -0.1) is 0 Å². The molecule has 1 spiro atoms. The van der Waals surface area contributed by atoms with Crippen molar-refractivity contribution in [3.63, 3.8) is 0 Å². The van der Waals surface area contributed by atoms with Gasteiger partial charge < -0.3 is 19.5 Å². The van der Waals surface area contributed by atoms with Gasteiger partial charge in [-0.25, -0.2) is 0 Å². The van der Waals surface area contributed by atoms with E-state index >= 15 is 0 Å². The van der Waals surface area contributed by atoms with Crippen LogP contribution in [0.5, 0.6) is 0 Å². The number of hydrogen-bond donors (Lipinski definition) is 1. The Morgan fingerprint density at radius 1 is 1.38 bits per heavy atom. The van der Waals surface area contributed by atoms with E-state index in [2.05, 4.69) is 12.2 Å². The minimum atomic E-state index is -0.866. The van der Waals surface area contributed by atoms with Crippen LogP contribution in [0.4, 0.5) is 0 Å². The van der Waals surface area contributed by atoms with Crippen molar-refractivity contribution in [1.29, 1.82) is 0 Å². The summed E-state index contributed by atoms with van der Waals surface area (Å²) in [7, 11) is 0.819. The van der Waals surface area contributed by atoms with Crippen molar-refractivity contribution >= 4 is 10.8 Å². The largest absolute Gasteiger partial charge is 0.385 e. The molecule has 1 saturated heterocycles. The molecule has 3 atom stereocenters. The van der Waals surface area contributed by atoms with Gasteiger partial charge in [0.1, 0.15) is 0 Å². The molecule has 0 bridgehead atoms. The van der Waals surface area contributed by atoms with Crippen molar-refractivity contribution < 1.29 is 18.4 Å². The molecule has 0 aromatic carbocycles. The maximum Gasteiger partial charge on any atom is 0.169 e. The molecule has 2 rings (SSSR count). The second-order valence-corrected chi connectivity index (χ2v) is 7.66. The molecule has 0 aromatic rings. The zero-order valence-electron chi connectivity index (χ0n) is 13.3. The third-order valence-electron chi connectivity index (χ3n) is 4.30. The molecule has 6 heteroatoms. The summed E-state index contributed by atoms with van der Waals surface area (Å²) in [5.74, 6) is 0.227. The van der Waals surface area contributed by atoms with Gasteiger partial charge in [0.15, 0.2) is 5.79 Å². The Hall–Kier alpha value is -0.0100. The van der Waals surface area contributed by atoms with Gasteiger partial charge in [-0.2, -0.15) is 0 Å². The lowest BCUT2D eigenvalue weighted by molar-refractivity contribution is -0.178. The Balaban J connectivity index is 1.96. The summed E-state index contributed by atoms with van der Waals surface area (Å²) in [4.78, 5) is 0.